The fourth-order valence-corrected chi connectivity index (χ4v) is 4.62. The number of nitroso groups, excluding NO2 is 1. The fourth-order valence-electron chi connectivity index (χ4n) is 3.58. The molecule has 3 rings (SSSR count). The molecule has 1 aromatic heterocycles. The first kappa shape index (κ1) is 23.8. The number of benzene rings is 2. The molecule has 3 aromatic rings. The van der Waals surface area contributed by atoms with Gasteiger partial charge in [-0.15, -0.1) is 0 Å². The zero-order chi connectivity index (χ0) is 23.5. The van der Waals surface area contributed by atoms with Crippen LogP contribution in [-0.4, -0.2) is 18.7 Å². The van der Waals surface area contributed by atoms with Crippen molar-refractivity contribution in [2.45, 2.75) is 30.2 Å². The van der Waals surface area contributed by atoms with E-state index in [-0.39, 0.29) is 27.7 Å². The standard InChI is InChI=1S/C23H22ClFN2O4S/c1-3-32(30,31)18-8-4-15(5-9-18)20(19-10-7-17(24)12-21(19)25)13-22(26-29)16-6-11-23(28)27(2)14-16/h4-12,14,20,22H,3,13H2,1-2H3. The summed E-state index contributed by atoms with van der Waals surface area (Å²) in [5.74, 6) is -1.19. The molecular weight excluding hydrogens is 455 g/mol. The van der Waals surface area contributed by atoms with Crippen LogP contribution in [0.2, 0.25) is 5.02 Å². The number of hydrogen-bond donors (Lipinski definition) is 0. The molecule has 0 aliphatic carbocycles. The van der Waals surface area contributed by atoms with Gasteiger partial charge in [0, 0.05) is 30.3 Å². The summed E-state index contributed by atoms with van der Waals surface area (Å²) in [6.45, 7) is 1.56. The highest BCUT2D eigenvalue weighted by molar-refractivity contribution is 7.91. The van der Waals surface area contributed by atoms with Crippen LogP contribution in [0.4, 0.5) is 4.39 Å². The Labute approximate surface area is 190 Å². The van der Waals surface area contributed by atoms with Crippen molar-refractivity contribution in [3.63, 3.8) is 0 Å². The van der Waals surface area contributed by atoms with Gasteiger partial charge in [-0.05, 0) is 53.4 Å². The van der Waals surface area contributed by atoms with Gasteiger partial charge in [-0.2, -0.15) is 4.91 Å². The van der Waals surface area contributed by atoms with Crippen molar-refractivity contribution in [1.29, 1.82) is 0 Å². The fraction of sp³-hybridized carbons (Fsp3) is 0.261. The second kappa shape index (κ2) is 9.75. The van der Waals surface area contributed by atoms with Gasteiger partial charge >= 0.3 is 0 Å². The molecule has 0 amide bonds. The van der Waals surface area contributed by atoms with Crippen LogP contribution < -0.4 is 5.56 Å². The summed E-state index contributed by atoms with van der Waals surface area (Å²) < 4.78 is 40.5. The summed E-state index contributed by atoms with van der Waals surface area (Å²) in [7, 11) is -1.82. The van der Waals surface area contributed by atoms with Crippen LogP contribution in [0.3, 0.4) is 0 Å². The van der Waals surface area contributed by atoms with Crippen LogP contribution in [0.5, 0.6) is 0 Å². The second-order valence-electron chi connectivity index (χ2n) is 7.46. The van der Waals surface area contributed by atoms with Gasteiger partial charge in [-0.1, -0.05) is 41.9 Å². The number of aryl methyl sites for hydroxylation is 1. The Kier molecular flexibility index (Phi) is 7.26. The molecule has 0 fully saturated rings. The van der Waals surface area contributed by atoms with Crippen molar-refractivity contribution in [3.05, 3.63) is 104 Å². The molecule has 2 unspecified atom stereocenters. The monoisotopic (exact) mass is 476 g/mol. The van der Waals surface area contributed by atoms with E-state index in [0.717, 1.165) is 0 Å². The largest absolute Gasteiger partial charge is 0.318 e. The summed E-state index contributed by atoms with van der Waals surface area (Å²) in [5, 5.41) is 3.46. The summed E-state index contributed by atoms with van der Waals surface area (Å²) >= 11 is 5.91. The molecule has 0 bridgehead atoms. The Hall–Kier alpha value is -2.84. The third-order valence-electron chi connectivity index (χ3n) is 5.44. The van der Waals surface area contributed by atoms with E-state index >= 15 is 0 Å². The van der Waals surface area contributed by atoms with Gasteiger partial charge in [0.15, 0.2) is 9.84 Å². The Balaban J connectivity index is 2.07. The molecule has 1 heterocycles. The molecule has 0 spiro atoms. The molecule has 9 heteroatoms. The van der Waals surface area contributed by atoms with Crippen LogP contribution in [-0.2, 0) is 16.9 Å². The Morgan fingerprint density at radius 1 is 1.06 bits per heavy atom. The molecule has 0 radical (unpaired) electrons. The molecule has 2 aromatic carbocycles. The Morgan fingerprint density at radius 3 is 2.28 bits per heavy atom. The van der Waals surface area contributed by atoms with Gasteiger partial charge in [-0.25, -0.2) is 12.8 Å². The molecule has 0 aliphatic rings. The molecular formula is C23H22ClFN2O4S. The van der Waals surface area contributed by atoms with E-state index in [2.05, 4.69) is 5.18 Å². The lowest BCUT2D eigenvalue weighted by molar-refractivity contribution is 0.548. The number of hydrogen-bond acceptors (Lipinski definition) is 5. The minimum atomic E-state index is -3.39. The van der Waals surface area contributed by atoms with Gasteiger partial charge in [0.2, 0.25) is 5.56 Å². The van der Waals surface area contributed by atoms with Crippen molar-refractivity contribution in [1.82, 2.24) is 4.57 Å². The number of nitrogens with zero attached hydrogens (tertiary/aromatic N) is 2. The summed E-state index contributed by atoms with van der Waals surface area (Å²) in [6, 6.07) is 12.5. The molecule has 0 saturated carbocycles. The van der Waals surface area contributed by atoms with Crippen LogP contribution in [0.1, 0.15) is 42.0 Å². The molecule has 0 aliphatic heterocycles. The summed E-state index contributed by atoms with van der Waals surface area (Å²) in [5.41, 5.74) is 1.22. The van der Waals surface area contributed by atoms with Gasteiger partial charge in [0.25, 0.3) is 0 Å². The number of halogens is 2. The van der Waals surface area contributed by atoms with Crippen molar-refractivity contribution < 1.29 is 12.8 Å². The number of sulfone groups is 1. The highest BCUT2D eigenvalue weighted by atomic mass is 35.5. The van der Waals surface area contributed by atoms with E-state index in [0.29, 0.717) is 16.7 Å². The highest BCUT2D eigenvalue weighted by Crippen LogP contribution is 2.37. The van der Waals surface area contributed by atoms with E-state index < -0.39 is 27.6 Å². The number of pyridine rings is 1. The Bertz CT molecular complexity index is 1290. The van der Waals surface area contributed by atoms with Crippen molar-refractivity contribution in [2.24, 2.45) is 12.2 Å². The number of rotatable bonds is 8. The molecule has 6 nitrogen and oxygen atoms in total. The predicted molar refractivity (Wildman–Crippen MR) is 122 cm³/mol. The third kappa shape index (κ3) is 5.14. The van der Waals surface area contributed by atoms with Crippen LogP contribution >= 0.6 is 11.6 Å². The maximum Gasteiger partial charge on any atom is 0.250 e. The van der Waals surface area contributed by atoms with Crippen molar-refractivity contribution in [2.75, 3.05) is 5.75 Å². The van der Waals surface area contributed by atoms with Gasteiger partial charge in [0.05, 0.1) is 10.6 Å². The first-order chi connectivity index (χ1) is 15.2. The van der Waals surface area contributed by atoms with Crippen LogP contribution in [0, 0.1) is 10.7 Å². The van der Waals surface area contributed by atoms with Gasteiger partial charge < -0.3 is 4.57 Å². The average molecular weight is 477 g/mol. The van der Waals surface area contributed by atoms with Crippen LogP contribution in [0.25, 0.3) is 0 Å². The maximum absolute atomic E-state index is 14.8. The van der Waals surface area contributed by atoms with E-state index in [9.17, 15) is 22.5 Å². The van der Waals surface area contributed by atoms with Crippen LogP contribution in [0.15, 0.2) is 75.7 Å². The maximum atomic E-state index is 14.8. The SMILES string of the molecule is CCS(=O)(=O)c1ccc(C(CC(N=O)c2ccc(=O)n(C)c2)c2ccc(Cl)cc2F)cc1. The minimum Gasteiger partial charge on any atom is -0.318 e. The third-order valence-corrected chi connectivity index (χ3v) is 7.42. The Morgan fingerprint density at radius 2 is 1.72 bits per heavy atom. The zero-order valence-corrected chi connectivity index (χ0v) is 19.1. The lowest BCUT2D eigenvalue weighted by atomic mass is 9.84. The van der Waals surface area contributed by atoms with E-state index in [4.69, 9.17) is 11.6 Å². The van der Waals surface area contributed by atoms with Crippen molar-refractivity contribution in [3.8, 4) is 0 Å². The quantitative estimate of drug-likeness (QED) is 0.428. The van der Waals surface area contributed by atoms with Gasteiger partial charge in [-0.3, -0.25) is 4.79 Å². The lowest BCUT2D eigenvalue weighted by Crippen LogP contribution is -2.16. The van der Waals surface area contributed by atoms with E-state index in [1.165, 1.54) is 41.1 Å². The first-order valence-corrected chi connectivity index (χ1v) is 12.0. The molecule has 168 valence electrons. The lowest BCUT2D eigenvalue weighted by Gasteiger charge is -2.22. The normalized spacial score (nSPS) is 13.5. The minimum absolute atomic E-state index is 0.0363. The highest BCUT2D eigenvalue weighted by Gasteiger charge is 2.25. The van der Waals surface area contributed by atoms with E-state index in [1.807, 2.05) is 0 Å². The topological polar surface area (TPSA) is 85.6 Å². The molecule has 32 heavy (non-hydrogen) atoms. The molecule has 0 N–H and O–H groups in total. The zero-order valence-electron chi connectivity index (χ0n) is 17.5. The first-order valence-electron chi connectivity index (χ1n) is 9.93. The molecule has 0 saturated heterocycles. The smallest absolute Gasteiger partial charge is 0.250 e. The number of aromatic nitrogens is 1. The summed E-state index contributed by atoms with van der Waals surface area (Å²) in [6.07, 6.45) is 1.64. The predicted octanol–water partition coefficient (Wildman–Crippen LogP) is 5.00. The van der Waals surface area contributed by atoms with Crippen molar-refractivity contribution >= 4 is 21.4 Å². The van der Waals surface area contributed by atoms with Gasteiger partial charge in [0.1, 0.15) is 11.9 Å². The molecule has 2 atom stereocenters. The van der Waals surface area contributed by atoms with E-state index in [1.54, 1.807) is 38.2 Å². The average Bonchev–Trinajstić information content (AvgIpc) is 2.77. The summed E-state index contributed by atoms with van der Waals surface area (Å²) in [4.78, 5) is 23.6. The second-order valence-corrected chi connectivity index (χ2v) is 10.2.